The van der Waals surface area contributed by atoms with Crippen LogP contribution >= 0.6 is 12.2 Å². The van der Waals surface area contributed by atoms with Gasteiger partial charge in [0.25, 0.3) is 0 Å². The van der Waals surface area contributed by atoms with E-state index in [0.29, 0.717) is 35.4 Å². The van der Waals surface area contributed by atoms with Crippen molar-refractivity contribution in [1.82, 2.24) is 5.32 Å². The minimum absolute atomic E-state index is 0.406. The van der Waals surface area contributed by atoms with Gasteiger partial charge in [-0.1, -0.05) is 12.1 Å². The van der Waals surface area contributed by atoms with Gasteiger partial charge >= 0.3 is 5.97 Å². The maximum Gasteiger partial charge on any atom is 0.337 e. The fraction of sp³-hybridized carbons (Fsp3) is 0.304. The van der Waals surface area contributed by atoms with Gasteiger partial charge in [-0.25, -0.2) is 4.79 Å². The highest BCUT2D eigenvalue weighted by Gasteiger charge is 2.35. The number of nitrogens with zero attached hydrogens (tertiary/aromatic N) is 1. The number of benzene rings is 2. The van der Waals surface area contributed by atoms with Gasteiger partial charge in [-0.3, -0.25) is 4.90 Å². The van der Waals surface area contributed by atoms with Crippen LogP contribution < -0.4 is 19.7 Å². The zero-order valence-corrected chi connectivity index (χ0v) is 18.3. The van der Waals surface area contributed by atoms with E-state index in [2.05, 4.69) is 11.4 Å². The molecule has 1 unspecified atom stereocenters. The summed E-state index contributed by atoms with van der Waals surface area (Å²) in [6.45, 7) is 6.98. The third-order valence-electron chi connectivity index (χ3n) is 5.25. The van der Waals surface area contributed by atoms with Gasteiger partial charge in [0.2, 0.25) is 0 Å². The highest BCUT2D eigenvalue weighted by Crippen LogP contribution is 2.38. The number of nitrogens with one attached hydrogen (secondary N) is 1. The van der Waals surface area contributed by atoms with E-state index in [1.165, 1.54) is 7.11 Å². The van der Waals surface area contributed by atoms with Crippen molar-refractivity contribution < 1.29 is 19.0 Å². The van der Waals surface area contributed by atoms with E-state index in [9.17, 15) is 4.79 Å². The third-order valence-corrected chi connectivity index (χ3v) is 5.55. The molecule has 1 N–H and O–H groups in total. The number of hydrogen-bond donors (Lipinski definition) is 1. The molecule has 2 aromatic carbocycles. The van der Waals surface area contributed by atoms with Gasteiger partial charge < -0.3 is 19.5 Å². The molecule has 0 radical (unpaired) electrons. The average molecular weight is 425 g/mol. The van der Waals surface area contributed by atoms with E-state index >= 15 is 0 Å². The first-order chi connectivity index (χ1) is 14.4. The van der Waals surface area contributed by atoms with Crippen LogP contribution in [0.15, 0.2) is 47.7 Å². The first-order valence-corrected chi connectivity index (χ1v) is 10.2. The Morgan fingerprint density at radius 1 is 1.07 bits per heavy atom. The highest BCUT2D eigenvalue weighted by atomic mass is 32.1. The maximum absolute atomic E-state index is 12.8. The molecule has 2 heterocycles. The summed E-state index contributed by atoms with van der Waals surface area (Å²) in [6.07, 6.45) is 0. The van der Waals surface area contributed by atoms with Gasteiger partial charge in [-0.05, 0) is 73.9 Å². The molecule has 0 bridgehead atoms. The second-order valence-electron chi connectivity index (χ2n) is 7.46. The summed E-state index contributed by atoms with van der Waals surface area (Å²) in [6, 6.07) is 11.4. The molecule has 7 heteroatoms. The second kappa shape index (κ2) is 7.99. The van der Waals surface area contributed by atoms with E-state index in [0.717, 1.165) is 28.1 Å². The molecule has 0 fully saturated rings. The molecule has 4 rings (SSSR count). The summed E-state index contributed by atoms with van der Waals surface area (Å²) in [7, 11) is 1.39. The number of rotatable bonds is 3. The molecule has 30 heavy (non-hydrogen) atoms. The summed E-state index contributed by atoms with van der Waals surface area (Å²) < 4.78 is 16.5. The van der Waals surface area contributed by atoms with E-state index in [1.807, 2.05) is 56.0 Å². The van der Waals surface area contributed by atoms with Gasteiger partial charge in [0.15, 0.2) is 16.6 Å². The van der Waals surface area contributed by atoms with E-state index in [1.54, 1.807) is 0 Å². The van der Waals surface area contributed by atoms with Crippen molar-refractivity contribution in [1.29, 1.82) is 0 Å². The zero-order chi connectivity index (χ0) is 21.4. The molecular weight excluding hydrogens is 400 g/mol. The van der Waals surface area contributed by atoms with Crippen LogP contribution in [-0.2, 0) is 9.53 Å². The van der Waals surface area contributed by atoms with Crippen LogP contribution in [0.1, 0.15) is 29.7 Å². The summed E-state index contributed by atoms with van der Waals surface area (Å²) in [5, 5.41) is 3.84. The number of ether oxygens (including phenoxy) is 3. The zero-order valence-electron chi connectivity index (χ0n) is 17.4. The minimum Gasteiger partial charge on any atom is -0.486 e. The summed E-state index contributed by atoms with van der Waals surface area (Å²) in [5.74, 6) is 0.947. The van der Waals surface area contributed by atoms with Crippen LogP contribution in [0, 0.1) is 13.8 Å². The third kappa shape index (κ3) is 3.61. The van der Waals surface area contributed by atoms with Crippen LogP contribution in [0.25, 0.3) is 0 Å². The summed E-state index contributed by atoms with van der Waals surface area (Å²) >= 11 is 5.72. The number of carbonyl (C=O) groups excluding carboxylic acids is 1. The first kappa shape index (κ1) is 20.2. The largest absolute Gasteiger partial charge is 0.486 e. The number of thiocarbonyl (C=S) groups is 1. The fourth-order valence-corrected chi connectivity index (χ4v) is 4.36. The Kier molecular flexibility index (Phi) is 5.39. The lowest BCUT2D eigenvalue weighted by atomic mass is 9.94. The Labute approximate surface area is 181 Å². The maximum atomic E-state index is 12.8. The van der Waals surface area contributed by atoms with Gasteiger partial charge in [-0.15, -0.1) is 0 Å². The topological polar surface area (TPSA) is 60.0 Å². The lowest BCUT2D eigenvalue weighted by molar-refractivity contribution is -0.136. The van der Waals surface area contributed by atoms with Crippen molar-refractivity contribution in [3.05, 3.63) is 64.4 Å². The number of esters is 1. The summed E-state index contributed by atoms with van der Waals surface area (Å²) in [5.41, 5.74) is 5.23. The molecule has 2 aliphatic heterocycles. The van der Waals surface area contributed by atoms with Crippen LogP contribution in [0.4, 0.5) is 5.69 Å². The smallest absolute Gasteiger partial charge is 0.337 e. The number of carbonyl (C=O) groups is 1. The van der Waals surface area contributed by atoms with Crippen molar-refractivity contribution >= 4 is 29.0 Å². The number of allylic oxidation sites excluding steroid dienone is 1. The molecule has 1 atom stereocenters. The number of fused-ring (bicyclic) bond motifs is 1. The van der Waals surface area contributed by atoms with Gasteiger partial charge in [0, 0.05) is 11.4 Å². The van der Waals surface area contributed by atoms with Crippen LogP contribution in [-0.4, -0.2) is 31.4 Å². The monoisotopic (exact) mass is 424 g/mol. The quantitative estimate of drug-likeness (QED) is 0.591. The highest BCUT2D eigenvalue weighted by molar-refractivity contribution is 7.80. The lowest BCUT2D eigenvalue weighted by Gasteiger charge is -2.38. The lowest BCUT2D eigenvalue weighted by Crippen LogP contribution is -2.48. The Morgan fingerprint density at radius 2 is 1.73 bits per heavy atom. The Bertz CT molecular complexity index is 1040. The van der Waals surface area contributed by atoms with Crippen molar-refractivity contribution in [2.45, 2.75) is 26.8 Å². The molecular formula is C23H24N2O4S. The van der Waals surface area contributed by atoms with Crippen molar-refractivity contribution in [2.75, 3.05) is 25.2 Å². The molecule has 0 saturated carbocycles. The molecule has 0 aromatic heterocycles. The second-order valence-corrected chi connectivity index (χ2v) is 7.84. The Morgan fingerprint density at radius 3 is 2.40 bits per heavy atom. The summed E-state index contributed by atoms with van der Waals surface area (Å²) in [4.78, 5) is 14.7. The molecule has 0 spiro atoms. The minimum atomic E-state index is -0.456. The predicted octanol–water partition coefficient (Wildman–Crippen LogP) is 3.96. The molecule has 156 valence electrons. The predicted molar refractivity (Wildman–Crippen MR) is 119 cm³/mol. The Balaban J connectivity index is 1.82. The molecule has 0 saturated heterocycles. The molecule has 2 aromatic rings. The van der Waals surface area contributed by atoms with Crippen molar-refractivity contribution in [2.24, 2.45) is 0 Å². The van der Waals surface area contributed by atoms with Crippen molar-refractivity contribution in [3.63, 3.8) is 0 Å². The molecule has 0 aliphatic carbocycles. The van der Waals surface area contributed by atoms with Crippen LogP contribution in [0.5, 0.6) is 11.5 Å². The number of aryl methyl sites for hydroxylation is 2. The standard InChI is InChI=1S/C23H24N2O4S/c1-13-9-14(2)11-17(10-13)25-15(3)20(22(26)27-4)21(24-23(25)30)16-5-6-18-19(12-16)29-8-7-28-18/h5-6,9-12,21H,7-8H2,1-4H3,(H,24,30). The number of methoxy groups -OCH3 is 1. The van der Waals surface area contributed by atoms with Gasteiger partial charge in [0.1, 0.15) is 13.2 Å². The van der Waals surface area contributed by atoms with Crippen molar-refractivity contribution in [3.8, 4) is 11.5 Å². The molecule has 2 aliphatic rings. The number of hydrogen-bond acceptors (Lipinski definition) is 5. The SMILES string of the molecule is COC(=O)C1=C(C)N(c2cc(C)cc(C)c2)C(=S)NC1c1ccc2c(c1)OCCO2. The van der Waals surface area contributed by atoms with E-state index in [-0.39, 0.29) is 0 Å². The fourth-order valence-electron chi connectivity index (χ4n) is 4.00. The number of anilines is 1. The van der Waals surface area contributed by atoms with Crippen LogP contribution in [0.2, 0.25) is 0 Å². The Hall–Kier alpha value is -3.06. The normalized spacial score (nSPS) is 18.2. The first-order valence-electron chi connectivity index (χ1n) is 9.76. The van der Waals surface area contributed by atoms with E-state index < -0.39 is 12.0 Å². The van der Waals surface area contributed by atoms with Crippen LogP contribution in [0.3, 0.4) is 0 Å². The van der Waals surface area contributed by atoms with E-state index in [4.69, 9.17) is 26.4 Å². The van der Waals surface area contributed by atoms with Gasteiger partial charge in [0.05, 0.1) is 18.7 Å². The van der Waals surface area contributed by atoms with Gasteiger partial charge in [-0.2, -0.15) is 0 Å². The molecule has 0 amide bonds. The molecule has 6 nitrogen and oxygen atoms in total. The average Bonchev–Trinajstić information content (AvgIpc) is 2.72.